The molecule has 0 fully saturated rings. The number of nitrogens with zero attached hydrogens (tertiary/aromatic N) is 3. The van der Waals surface area contributed by atoms with Crippen molar-refractivity contribution in [3.05, 3.63) is 80.3 Å². The van der Waals surface area contributed by atoms with Crippen molar-refractivity contribution in [3.8, 4) is 11.8 Å². The van der Waals surface area contributed by atoms with E-state index in [9.17, 15) is 14.4 Å². The summed E-state index contributed by atoms with van der Waals surface area (Å²) in [5.41, 5.74) is 1.38. The summed E-state index contributed by atoms with van der Waals surface area (Å²) in [7, 11) is 0. The quantitative estimate of drug-likeness (QED) is 0.403. The van der Waals surface area contributed by atoms with Crippen LogP contribution in [0.15, 0.2) is 48.0 Å². The molecule has 1 N–H and O–H groups in total. The molecule has 0 bridgehead atoms. The minimum absolute atomic E-state index is 0.172. The number of aromatic nitrogens is 2. The summed E-state index contributed by atoms with van der Waals surface area (Å²) in [5.74, 6) is -1.09. The van der Waals surface area contributed by atoms with Gasteiger partial charge in [-0.1, -0.05) is 40.9 Å². The van der Waals surface area contributed by atoms with Crippen LogP contribution in [0.2, 0.25) is 15.2 Å². The SMILES string of the molecule is Cc1nn(-c2ccc(F)cc2)c(Cl)c1C=C(C#N)C(=O)Nc1c(Cl)cccc1Cl. The van der Waals surface area contributed by atoms with E-state index in [0.717, 1.165) is 0 Å². The number of nitriles is 1. The van der Waals surface area contributed by atoms with E-state index in [-0.39, 0.29) is 26.5 Å². The number of anilines is 1. The number of hydrogen-bond donors (Lipinski definition) is 1. The molecular formula is C20H12Cl3FN4O. The van der Waals surface area contributed by atoms with Crippen LogP contribution in [0.25, 0.3) is 11.8 Å². The molecule has 0 aliphatic carbocycles. The molecule has 1 amide bonds. The Hall–Kier alpha value is -2.85. The van der Waals surface area contributed by atoms with E-state index in [1.165, 1.54) is 35.0 Å². The van der Waals surface area contributed by atoms with Crippen LogP contribution in [-0.2, 0) is 4.79 Å². The smallest absolute Gasteiger partial charge is 0.266 e. The summed E-state index contributed by atoms with van der Waals surface area (Å²) >= 11 is 18.5. The van der Waals surface area contributed by atoms with Crippen LogP contribution >= 0.6 is 34.8 Å². The Morgan fingerprint density at radius 3 is 2.38 bits per heavy atom. The summed E-state index contributed by atoms with van der Waals surface area (Å²) < 4.78 is 14.5. The Bertz CT molecular complexity index is 1140. The van der Waals surface area contributed by atoms with E-state index in [1.807, 2.05) is 6.07 Å². The summed E-state index contributed by atoms with van der Waals surface area (Å²) in [6.45, 7) is 1.68. The second-order valence-electron chi connectivity index (χ2n) is 5.90. The van der Waals surface area contributed by atoms with Gasteiger partial charge in [-0.15, -0.1) is 0 Å². The maximum Gasteiger partial charge on any atom is 0.266 e. The van der Waals surface area contributed by atoms with Gasteiger partial charge in [-0.2, -0.15) is 10.4 Å². The fraction of sp³-hybridized carbons (Fsp3) is 0.0500. The maximum absolute atomic E-state index is 13.2. The lowest BCUT2D eigenvalue weighted by atomic mass is 10.1. The number of amides is 1. The highest BCUT2D eigenvalue weighted by Gasteiger charge is 2.18. The van der Waals surface area contributed by atoms with Crippen molar-refractivity contribution in [2.75, 3.05) is 5.32 Å². The summed E-state index contributed by atoms with van der Waals surface area (Å²) in [5, 5.41) is 16.9. The molecule has 0 aliphatic heterocycles. The Morgan fingerprint density at radius 1 is 1.17 bits per heavy atom. The molecule has 0 unspecified atom stereocenters. The molecule has 3 aromatic rings. The predicted molar refractivity (Wildman–Crippen MR) is 112 cm³/mol. The lowest BCUT2D eigenvalue weighted by Crippen LogP contribution is -2.14. The van der Waals surface area contributed by atoms with Gasteiger partial charge in [-0.3, -0.25) is 4.79 Å². The fourth-order valence-corrected chi connectivity index (χ4v) is 3.34. The number of aryl methyl sites for hydroxylation is 1. The van der Waals surface area contributed by atoms with Gasteiger partial charge in [-0.25, -0.2) is 9.07 Å². The van der Waals surface area contributed by atoms with Gasteiger partial charge in [0.15, 0.2) is 0 Å². The molecule has 0 saturated heterocycles. The van der Waals surface area contributed by atoms with E-state index >= 15 is 0 Å². The average Bonchev–Trinajstić information content (AvgIpc) is 2.97. The van der Waals surface area contributed by atoms with Gasteiger partial charge in [0.2, 0.25) is 0 Å². The number of para-hydroxylation sites is 1. The standard InChI is InChI=1S/C20H12Cl3FN4O/c1-11-15(19(23)28(27-11)14-7-5-13(24)6-8-14)9-12(10-25)20(29)26-18-16(21)3-2-4-17(18)22/h2-9H,1H3,(H,26,29). The van der Waals surface area contributed by atoms with Crippen LogP contribution in [0.5, 0.6) is 0 Å². The van der Waals surface area contributed by atoms with Crippen molar-refractivity contribution >= 4 is 52.5 Å². The van der Waals surface area contributed by atoms with Crippen molar-refractivity contribution in [3.63, 3.8) is 0 Å². The molecule has 0 saturated carbocycles. The van der Waals surface area contributed by atoms with E-state index in [4.69, 9.17) is 34.8 Å². The lowest BCUT2D eigenvalue weighted by molar-refractivity contribution is -0.112. The van der Waals surface area contributed by atoms with Gasteiger partial charge in [0, 0.05) is 5.56 Å². The molecule has 2 aromatic carbocycles. The fourth-order valence-electron chi connectivity index (χ4n) is 2.52. The highest BCUT2D eigenvalue weighted by molar-refractivity contribution is 6.40. The zero-order chi connectivity index (χ0) is 21.1. The Morgan fingerprint density at radius 2 is 1.79 bits per heavy atom. The summed E-state index contributed by atoms with van der Waals surface area (Å²) in [6.07, 6.45) is 1.32. The second kappa shape index (κ2) is 8.66. The first-order valence-corrected chi connectivity index (χ1v) is 9.33. The molecule has 1 aromatic heterocycles. The molecule has 29 heavy (non-hydrogen) atoms. The molecule has 5 nitrogen and oxygen atoms in total. The molecule has 146 valence electrons. The van der Waals surface area contributed by atoms with Gasteiger partial charge in [-0.05, 0) is 49.4 Å². The van der Waals surface area contributed by atoms with Crippen molar-refractivity contribution in [2.45, 2.75) is 6.92 Å². The van der Waals surface area contributed by atoms with Gasteiger partial charge in [0.05, 0.1) is 27.1 Å². The number of halogens is 4. The molecular weight excluding hydrogens is 438 g/mol. The lowest BCUT2D eigenvalue weighted by Gasteiger charge is -2.08. The van der Waals surface area contributed by atoms with Crippen LogP contribution in [0.4, 0.5) is 10.1 Å². The Balaban J connectivity index is 1.96. The summed E-state index contributed by atoms with van der Waals surface area (Å²) in [6, 6.07) is 12.2. The highest BCUT2D eigenvalue weighted by Crippen LogP contribution is 2.31. The van der Waals surface area contributed by atoms with Crippen molar-refractivity contribution < 1.29 is 9.18 Å². The number of rotatable bonds is 4. The summed E-state index contributed by atoms with van der Waals surface area (Å²) in [4.78, 5) is 12.6. The van der Waals surface area contributed by atoms with E-state index < -0.39 is 11.7 Å². The van der Waals surface area contributed by atoms with Crippen LogP contribution < -0.4 is 5.32 Å². The first kappa shape index (κ1) is 20.9. The molecule has 0 atom stereocenters. The number of carbonyl (C=O) groups excluding carboxylic acids is 1. The number of nitrogens with one attached hydrogen (secondary N) is 1. The maximum atomic E-state index is 13.2. The monoisotopic (exact) mass is 448 g/mol. The van der Waals surface area contributed by atoms with E-state index in [0.29, 0.717) is 16.9 Å². The number of carbonyl (C=O) groups is 1. The molecule has 3 rings (SSSR count). The highest BCUT2D eigenvalue weighted by atomic mass is 35.5. The van der Waals surface area contributed by atoms with Crippen LogP contribution in [0.1, 0.15) is 11.3 Å². The topological polar surface area (TPSA) is 70.7 Å². The molecule has 0 aliphatic rings. The zero-order valence-corrected chi connectivity index (χ0v) is 17.1. The van der Waals surface area contributed by atoms with Crippen molar-refractivity contribution in [1.82, 2.24) is 9.78 Å². The third-order valence-corrected chi connectivity index (χ3v) is 4.97. The molecule has 1 heterocycles. The third kappa shape index (κ3) is 4.43. The first-order chi connectivity index (χ1) is 13.8. The largest absolute Gasteiger partial charge is 0.319 e. The van der Waals surface area contributed by atoms with Gasteiger partial charge in [0.1, 0.15) is 22.6 Å². The number of hydrogen-bond acceptors (Lipinski definition) is 3. The minimum Gasteiger partial charge on any atom is -0.319 e. The minimum atomic E-state index is -0.701. The normalized spacial score (nSPS) is 11.2. The van der Waals surface area contributed by atoms with Gasteiger partial charge < -0.3 is 5.32 Å². The van der Waals surface area contributed by atoms with Gasteiger partial charge in [0.25, 0.3) is 5.91 Å². The number of benzene rings is 2. The Kier molecular flexibility index (Phi) is 6.23. The van der Waals surface area contributed by atoms with Gasteiger partial charge >= 0.3 is 0 Å². The second-order valence-corrected chi connectivity index (χ2v) is 7.07. The molecule has 9 heteroatoms. The van der Waals surface area contributed by atoms with Crippen LogP contribution in [0, 0.1) is 24.1 Å². The van der Waals surface area contributed by atoms with E-state index in [2.05, 4.69) is 10.4 Å². The zero-order valence-electron chi connectivity index (χ0n) is 14.9. The van der Waals surface area contributed by atoms with E-state index in [1.54, 1.807) is 25.1 Å². The molecule has 0 spiro atoms. The van der Waals surface area contributed by atoms with Crippen molar-refractivity contribution in [1.29, 1.82) is 5.26 Å². The first-order valence-electron chi connectivity index (χ1n) is 8.20. The third-order valence-electron chi connectivity index (χ3n) is 3.97. The van der Waals surface area contributed by atoms with Crippen LogP contribution in [0.3, 0.4) is 0 Å². The predicted octanol–water partition coefficient (Wildman–Crippen LogP) is 5.83. The Labute approximate surface area is 180 Å². The average molecular weight is 450 g/mol. The molecule has 0 radical (unpaired) electrons. The van der Waals surface area contributed by atoms with Crippen LogP contribution in [-0.4, -0.2) is 15.7 Å². The van der Waals surface area contributed by atoms with Crippen molar-refractivity contribution in [2.24, 2.45) is 0 Å².